The van der Waals surface area contributed by atoms with Crippen LogP contribution in [-0.2, 0) is 22.0 Å². The zero-order chi connectivity index (χ0) is 10.3. The number of nitrogens with zero attached hydrogens (tertiary/aromatic N) is 2. The maximum absolute atomic E-state index is 11.3. The van der Waals surface area contributed by atoms with Crippen molar-refractivity contribution in [1.29, 1.82) is 0 Å². The molecular formula is C8H11N3O2S. The predicted octanol–water partition coefficient (Wildman–Crippen LogP) is -0.162. The van der Waals surface area contributed by atoms with Gasteiger partial charge in [0.05, 0.1) is 17.2 Å². The Bertz CT molecular complexity index is 482. The molecule has 0 unspecified atom stereocenters. The lowest BCUT2D eigenvalue weighted by Gasteiger charge is -2.16. The Kier molecular flexibility index (Phi) is 1.95. The monoisotopic (exact) mass is 213 g/mol. The van der Waals surface area contributed by atoms with E-state index in [4.69, 9.17) is 5.73 Å². The predicted molar refractivity (Wildman–Crippen MR) is 52.4 cm³/mol. The first-order valence-corrected chi connectivity index (χ1v) is 6.12. The standard InChI is InChI=1S/C8H11N3O2S/c1-5-10-7-4-14(12,13)3-2-6(7)8(9)11-5/h2-4H2,1H3,(H2,9,10,11). The molecule has 0 saturated heterocycles. The Hall–Kier alpha value is -1.17. The molecule has 0 spiro atoms. The van der Waals surface area contributed by atoms with Crippen molar-refractivity contribution >= 4 is 15.7 Å². The van der Waals surface area contributed by atoms with Crippen LogP contribution >= 0.6 is 0 Å². The Balaban J connectivity index is 2.58. The van der Waals surface area contributed by atoms with Crippen molar-refractivity contribution in [2.24, 2.45) is 0 Å². The van der Waals surface area contributed by atoms with Crippen LogP contribution in [0.1, 0.15) is 17.1 Å². The van der Waals surface area contributed by atoms with Gasteiger partial charge in [-0.25, -0.2) is 18.4 Å². The van der Waals surface area contributed by atoms with Gasteiger partial charge < -0.3 is 5.73 Å². The maximum Gasteiger partial charge on any atom is 0.156 e. The van der Waals surface area contributed by atoms with Gasteiger partial charge in [0.25, 0.3) is 0 Å². The van der Waals surface area contributed by atoms with Crippen molar-refractivity contribution in [3.8, 4) is 0 Å². The average molecular weight is 213 g/mol. The van der Waals surface area contributed by atoms with E-state index in [0.29, 0.717) is 23.8 Å². The van der Waals surface area contributed by atoms with Gasteiger partial charge in [0.1, 0.15) is 11.6 Å². The van der Waals surface area contributed by atoms with Gasteiger partial charge in [-0.3, -0.25) is 0 Å². The van der Waals surface area contributed by atoms with E-state index in [1.165, 1.54) is 0 Å². The lowest BCUT2D eigenvalue weighted by atomic mass is 10.1. The minimum atomic E-state index is -2.98. The van der Waals surface area contributed by atoms with Crippen molar-refractivity contribution in [3.05, 3.63) is 17.1 Å². The van der Waals surface area contributed by atoms with E-state index in [0.717, 1.165) is 5.56 Å². The molecular weight excluding hydrogens is 202 g/mol. The number of aryl methyl sites for hydroxylation is 1. The van der Waals surface area contributed by atoms with Gasteiger partial charge in [-0.2, -0.15) is 0 Å². The van der Waals surface area contributed by atoms with Gasteiger partial charge in [-0.1, -0.05) is 0 Å². The number of anilines is 1. The lowest BCUT2D eigenvalue weighted by Crippen LogP contribution is -2.22. The Morgan fingerprint density at radius 3 is 2.79 bits per heavy atom. The minimum absolute atomic E-state index is 0.00407. The lowest BCUT2D eigenvalue weighted by molar-refractivity contribution is 0.590. The molecule has 1 aliphatic rings. The molecule has 2 heterocycles. The summed E-state index contributed by atoms with van der Waals surface area (Å²) in [6.07, 6.45) is 0.434. The molecule has 1 aromatic rings. The fourth-order valence-electron chi connectivity index (χ4n) is 1.61. The second-order valence-electron chi connectivity index (χ2n) is 3.42. The van der Waals surface area contributed by atoms with E-state index >= 15 is 0 Å². The molecule has 1 aromatic heterocycles. The SMILES string of the molecule is Cc1nc(N)c2c(n1)CS(=O)(=O)CC2. The highest BCUT2D eigenvalue weighted by Gasteiger charge is 2.24. The van der Waals surface area contributed by atoms with Crippen molar-refractivity contribution in [3.63, 3.8) is 0 Å². The average Bonchev–Trinajstić information content (AvgIpc) is 2.00. The van der Waals surface area contributed by atoms with Crippen LogP contribution < -0.4 is 5.73 Å². The summed E-state index contributed by atoms with van der Waals surface area (Å²) in [5.74, 6) is 1.09. The second kappa shape index (κ2) is 2.91. The van der Waals surface area contributed by atoms with Gasteiger partial charge in [0, 0.05) is 5.56 Å². The molecule has 0 fully saturated rings. The van der Waals surface area contributed by atoms with Crippen LogP contribution in [0.3, 0.4) is 0 Å². The number of rotatable bonds is 0. The van der Waals surface area contributed by atoms with Crippen LogP contribution in [0.4, 0.5) is 5.82 Å². The number of fused-ring (bicyclic) bond motifs is 1. The zero-order valence-electron chi connectivity index (χ0n) is 7.82. The number of sulfone groups is 1. The number of aromatic nitrogens is 2. The molecule has 0 bridgehead atoms. The van der Waals surface area contributed by atoms with E-state index in [2.05, 4.69) is 9.97 Å². The van der Waals surface area contributed by atoms with Crippen LogP contribution in [0.2, 0.25) is 0 Å². The highest BCUT2D eigenvalue weighted by molar-refractivity contribution is 7.90. The summed E-state index contributed by atoms with van der Waals surface area (Å²) < 4.78 is 22.7. The quantitative estimate of drug-likeness (QED) is 0.647. The van der Waals surface area contributed by atoms with E-state index in [-0.39, 0.29) is 11.5 Å². The first-order valence-electron chi connectivity index (χ1n) is 4.30. The normalized spacial score (nSPS) is 18.9. The summed E-state index contributed by atoms with van der Waals surface area (Å²) in [5, 5.41) is 0. The number of hydrogen-bond donors (Lipinski definition) is 1. The number of nitrogen functional groups attached to an aromatic ring is 1. The molecule has 6 heteroatoms. The molecule has 1 aliphatic heterocycles. The number of nitrogens with two attached hydrogens (primary N) is 1. The molecule has 14 heavy (non-hydrogen) atoms. The molecule has 5 nitrogen and oxygen atoms in total. The Labute approximate surface area is 82.3 Å². The zero-order valence-corrected chi connectivity index (χ0v) is 8.63. The third-order valence-corrected chi connectivity index (χ3v) is 3.80. The largest absolute Gasteiger partial charge is 0.383 e. The fourth-order valence-corrected chi connectivity index (χ4v) is 2.92. The van der Waals surface area contributed by atoms with Crippen LogP contribution in [0, 0.1) is 6.92 Å². The summed E-state index contributed by atoms with van der Waals surface area (Å²) in [4.78, 5) is 8.11. The first kappa shape index (κ1) is 9.39. The van der Waals surface area contributed by atoms with Crippen molar-refractivity contribution in [2.45, 2.75) is 19.1 Å². The Morgan fingerprint density at radius 1 is 1.36 bits per heavy atom. The van der Waals surface area contributed by atoms with E-state index in [9.17, 15) is 8.42 Å². The third kappa shape index (κ3) is 1.57. The first-order chi connectivity index (χ1) is 6.48. The third-order valence-electron chi connectivity index (χ3n) is 2.26. The maximum atomic E-state index is 11.3. The highest BCUT2D eigenvalue weighted by Crippen LogP contribution is 2.22. The fraction of sp³-hybridized carbons (Fsp3) is 0.500. The van der Waals surface area contributed by atoms with E-state index in [1.807, 2.05) is 0 Å². The van der Waals surface area contributed by atoms with Gasteiger partial charge >= 0.3 is 0 Å². The smallest absolute Gasteiger partial charge is 0.156 e. The summed E-state index contributed by atoms with van der Waals surface area (Å²) in [7, 11) is -2.98. The molecule has 0 aromatic carbocycles. The molecule has 0 aliphatic carbocycles. The molecule has 0 amide bonds. The summed E-state index contributed by atoms with van der Waals surface area (Å²) in [6, 6.07) is 0. The second-order valence-corrected chi connectivity index (χ2v) is 5.61. The summed E-state index contributed by atoms with van der Waals surface area (Å²) in [5.41, 5.74) is 7.05. The summed E-state index contributed by atoms with van der Waals surface area (Å²) >= 11 is 0. The van der Waals surface area contributed by atoms with Crippen molar-refractivity contribution < 1.29 is 8.42 Å². The minimum Gasteiger partial charge on any atom is -0.383 e. The van der Waals surface area contributed by atoms with Gasteiger partial charge in [0.2, 0.25) is 0 Å². The van der Waals surface area contributed by atoms with Gasteiger partial charge in [0.15, 0.2) is 9.84 Å². The number of hydrogen-bond acceptors (Lipinski definition) is 5. The van der Waals surface area contributed by atoms with Crippen LogP contribution in [-0.4, -0.2) is 24.1 Å². The van der Waals surface area contributed by atoms with Crippen molar-refractivity contribution in [2.75, 3.05) is 11.5 Å². The molecule has 0 radical (unpaired) electrons. The molecule has 2 rings (SSSR count). The molecule has 0 atom stereocenters. The van der Waals surface area contributed by atoms with Crippen LogP contribution in [0.25, 0.3) is 0 Å². The Morgan fingerprint density at radius 2 is 2.07 bits per heavy atom. The highest BCUT2D eigenvalue weighted by atomic mass is 32.2. The van der Waals surface area contributed by atoms with Crippen molar-refractivity contribution in [1.82, 2.24) is 9.97 Å². The molecule has 0 saturated carbocycles. The van der Waals surface area contributed by atoms with Gasteiger partial charge in [-0.15, -0.1) is 0 Å². The van der Waals surface area contributed by atoms with E-state index in [1.54, 1.807) is 6.92 Å². The summed E-state index contributed by atoms with van der Waals surface area (Å²) in [6.45, 7) is 1.71. The molecule has 2 N–H and O–H groups in total. The van der Waals surface area contributed by atoms with Crippen LogP contribution in [0.5, 0.6) is 0 Å². The van der Waals surface area contributed by atoms with Gasteiger partial charge in [-0.05, 0) is 13.3 Å². The van der Waals surface area contributed by atoms with E-state index < -0.39 is 9.84 Å². The molecule has 76 valence electrons. The van der Waals surface area contributed by atoms with Crippen LogP contribution in [0.15, 0.2) is 0 Å². The topological polar surface area (TPSA) is 85.9 Å².